The molecule has 0 atom stereocenters. The molecule has 0 saturated carbocycles. The quantitative estimate of drug-likeness (QED) is 0.839. The van der Waals surface area contributed by atoms with Gasteiger partial charge >= 0.3 is 0 Å². The Morgan fingerprint density at radius 1 is 1.37 bits per heavy atom. The van der Waals surface area contributed by atoms with Gasteiger partial charge in [0, 0.05) is 30.7 Å². The Labute approximate surface area is 111 Å². The normalized spacial score (nSPS) is 10.7. The van der Waals surface area contributed by atoms with Gasteiger partial charge in [0.15, 0.2) is 5.76 Å². The molecule has 2 aromatic rings. The standard InChI is InChI=1S/C14H17NO4/c1-9-11-5-4-10(18-3)8-12(11)19-13(9)14(16)15-6-7-17-2/h4-5,8H,6-7H2,1-3H3,(H,15,16). The van der Waals surface area contributed by atoms with Crippen LogP contribution in [0.2, 0.25) is 0 Å². The molecule has 0 saturated heterocycles. The molecule has 0 fully saturated rings. The molecule has 0 radical (unpaired) electrons. The predicted molar refractivity (Wildman–Crippen MR) is 71.7 cm³/mol. The lowest BCUT2D eigenvalue weighted by Crippen LogP contribution is -2.27. The van der Waals surface area contributed by atoms with Crippen molar-refractivity contribution in [2.24, 2.45) is 0 Å². The van der Waals surface area contributed by atoms with Crippen molar-refractivity contribution in [3.63, 3.8) is 0 Å². The van der Waals surface area contributed by atoms with Gasteiger partial charge in [-0.1, -0.05) is 0 Å². The van der Waals surface area contributed by atoms with Crippen LogP contribution in [0.4, 0.5) is 0 Å². The van der Waals surface area contributed by atoms with Crippen molar-refractivity contribution in [1.82, 2.24) is 5.32 Å². The third-order valence-corrected chi connectivity index (χ3v) is 2.94. The van der Waals surface area contributed by atoms with E-state index in [9.17, 15) is 4.79 Å². The number of hydrogen-bond acceptors (Lipinski definition) is 4. The number of hydrogen-bond donors (Lipinski definition) is 1. The average molecular weight is 263 g/mol. The van der Waals surface area contributed by atoms with Crippen molar-refractivity contribution >= 4 is 16.9 Å². The van der Waals surface area contributed by atoms with Crippen LogP contribution in [0.5, 0.6) is 5.75 Å². The molecule has 1 N–H and O–H groups in total. The van der Waals surface area contributed by atoms with Crippen LogP contribution in [0.25, 0.3) is 11.0 Å². The van der Waals surface area contributed by atoms with Gasteiger partial charge in [-0.25, -0.2) is 0 Å². The molecule has 0 aliphatic rings. The highest BCUT2D eigenvalue weighted by molar-refractivity contribution is 5.99. The Hall–Kier alpha value is -2.01. The summed E-state index contributed by atoms with van der Waals surface area (Å²) >= 11 is 0. The molecule has 1 aromatic carbocycles. The van der Waals surface area contributed by atoms with Crippen LogP contribution in [-0.4, -0.2) is 33.3 Å². The van der Waals surface area contributed by atoms with Crippen LogP contribution in [0.1, 0.15) is 16.1 Å². The molecule has 102 valence electrons. The van der Waals surface area contributed by atoms with E-state index in [4.69, 9.17) is 13.9 Å². The van der Waals surface area contributed by atoms with Gasteiger partial charge in [0.05, 0.1) is 13.7 Å². The van der Waals surface area contributed by atoms with Crippen molar-refractivity contribution in [2.45, 2.75) is 6.92 Å². The first kappa shape index (κ1) is 13.4. The molecule has 0 spiro atoms. The summed E-state index contributed by atoms with van der Waals surface area (Å²) in [5.41, 5.74) is 1.47. The number of rotatable bonds is 5. The molecule has 1 heterocycles. The minimum Gasteiger partial charge on any atom is -0.497 e. The number of nitrogens with one attached hydrogen (secondary N) is 1. The van der Waals surface area contributed by atoms with Crippen molar-refractivity contribution < 1.29 is 18.7 Å². The monoisotopic (exact) mass is 263 g/mol. The molecule has 19 heavy (non-hydrogen) atoms. The van der Waals surface area contributed by atoms with E-state index < -0.39 is 0 Å². The number of aryl methyl sites for hydroxylation is 1. The molecule has 0 unspecified atom stereocenters. The molecule has 0 aliphatic heterocycles. The maximum Gasteiger partial charge on any atom is 0.287 e. The largest absolute Gasteiger partial charge is 0.497 e. The fraction of sp³-hybridized carbons (Fsp3) is 0.357. The fourth-order valence-corrected chi connectivity index (χ4v) is 1.90. The van der Waals surface area contributed by atoms with Gasteiger partial charge in [-0.2, -0.15) is 0 Å². The first-order valence-electron chi connectivity index (χ1n) is 6.01. The highest BCUT2D eigenvalue weighted by Crippen LogP contribution is 2.28. The Kier molecular flexibility index (Phi) is 4.06. The Morgan fingerprint density at radius 2 is 2.16 bits per heavy atom. The van der Waals surface area contributed by atoms with E-state index in [0.717, 1.165) is 10.9 Å². The van der Waals surface area contributed by atoms with Gasteiger partial charge in [-0.15, -0.1) is 0 Å². The average Bonchev–Trinajstić information content (AvgIpc) is 2.75. The maximum atomic E-state index is 12.0. The van der Waals surface area contributed by atoms with Crippen LogP contribution in [0.3, 0.4) is 0 Å². The number of methoxy groups -OCH3 is 2. The van der Waals surface area contributed by atoms with E-state index in [0.29, 0.717) is 30.2 Å². The van der Waals surface area contributed by atoms with Crippen molar-refractivity contribution in [3.8, 4) is 5.75 Å². The summed E-state index contributed by atoms with van der Waals surface area (Å²) in [6.45, 7) is 2.79. The minimum absolute atomic E-state index is 0.232. The first-order valence-corrected chi connectivity index (χ1v) is 6.01. The van der Waals surface area contributed by atoms with E-state index in [1.54, 1.807) is 20.3 Å². The Bertz CT molecular complexity index is 588. The molecule has 5 nitrogen and oxygen atoms in total. The van der Waals surface area contributed by atoms with Gasteiger partial charge in [0.1, 0.15) is 11.3 Å². The third-order valence-electron chi connectivity index (χ3n) is 2.94. The lowest BCUT2D eigenvalue weighted by atomic mass is 10.1. The summed E-state index contributed by atoms with van der Waals surface area (Å²) in [5, 5.41) is 3.66. The van der Waals surface area contributed by atoms with E-state index >= 15 is 0 Å². The van der Waals surface area contributed by atoms with Crippen molar-refractivity contribution in [2.75, 3.05) is 27.4 Å². The van der Waals surface area contributed by atoms with Crippen molar-refractivity contribution in [1.29, 1.82) is 0 Å². The maximum absolute atomic E-state index is 12.0. The topological polar surface area (TPSA) is 60.7 Å². The third kappa shape index (κ3) is 2.71. The molecule has 0 bridgehead atoms. The van der Waals surface area contributed by atoms with E-state index in [2.05, 4.69) is 5.32 Å². The van der Waals surface area contributed by atoms with Crippen molar-refractivity contribution in [3.05, 3.63) is 29.5 Å². The van der Waals surface area contributed by atoms with E-state index in [-0.39, 0.29) is 5.91 Å². The number of carbonyl (C=O) groups excluding carboxylic acids is 1. The lowest BCUT2D eigenvalue weighted by molar-refractivity contribution is 0.0911. The summed E-state index contributed by atoms with van der Waals surface area (Å²) in [5.74, 6) is 0.802. The minimum atomic E-state index is -0.232. The molecule has 1 aromatic heterocycles. The fourth-order valence-electron chi connectivity index (χ4n) is 1.90. The van der Waals surface area contributed by atoms with Gasteiger partial charge in [0.2, 0.25) is 0 Å². The van der Waals surface area contributed by atoms with Gasteiger partial charge in [-0.3, -0.25) is 4.79 Å². The molecule has 1 amide bonds. The first-order chi connectivity index (χ1) is 9.17. The van der Waals surface area contributed by atoms with Crippen LogP contribution >= 0.6 is 0 Å². The number of furan rings is 1. The smallest absolute Gasteiger partial charge is 0.287 e. The number of amides is 1. The van der Waals surface area contributed by atoms with E-state index in [1.165, 1.54) is 0 Å². The zero-order chi connectivity index (χ0) is 13.8. The van der Waals surface area contributed by atoms with Crippen LogP contribution in [0.15, 0.2) is 22.6 Å². The summed E-state index contributed by atoms with van der Waals surface area (Å²) in [7, 11) is 3.18. The zero-order valence-electron chi connectivity index (χ0n) is 11.3. The molecule has 2 rings (SSSR count). The second-order valence-corrected chi connectivity index (χ2v) is 4.17. The Balaban J connectivity index is 2.28. The summed E-state index contributed by atoms with van der Waals surface area (Å²) in [4.78, 5) is 12.0. The van der Waals surface area contributed by atoms with Gasteiger partial charge in [0.25, 0.3) is 5.91 Å². The van der Waals surface area contributed by atoms with Crippen LogP contribution in [0, 0.1) is 6.92 Å². The highest BCUT2D eigenvalue weighted by Gasteiger charge is 2.17. The van der Waals surface area contributed by atoms with Crippen LogP contribution in [-0.2, 0) is 4.74 Å². The number of benzene rings is 1. The van der Waals surface area contributed by atoms with Gasteiger partial charge < -0.3 is 19.2 Å². The molecular weight excluding hydrogens is 246 g/mol. The summed E-state index contributed by atoms with van der Waals surface area (Å²) in [6, 6.07) is 5.50. The van der Waals surface area contributed by atoms with Crippen LogP contribution < -0.4 is 10.1 Å². The number of fused-ring (bicyclic) bond motifs is 1. The Morgan fingerprint density at radius 3 is 2.84 bits per heavy atom. The molecule has 0 aliphatic carbocycles. The summed E-state index contributed by atoms with van der Waals surface area (Å²) < 4.78 is 15.6. The lowest BCUT2D eigenvalue weighted by Gasteiger charge is -2.02. The zero-order valence-corrected chi connectivity index (χ0v) is 11.3. The molecular formula is C14H17NO4. The number of carbonyl (C=O) groups is 1. The SMILES string of the molecule is COCCNC(=O)c1oc2cc(OC)ccc2c1C. The second-order valence-electron chi connectivity index (χ2n) is 4.17. The predicted octanol–water partition coefficient (Wildman–Crippen LogP) is 2.13. The summed E-state index contributed by atoms with van der Waals surface area (Å²) in [6.07, 6.45) is 0. The second kappa shape index (κ2) is 5.75. The number of ether oxygens (including phenoxy) is 2. The highest BCUT2D eigenvalue weighted by atomic mass is 16.5. The van der Waals surface area contributed by atoms with Gasteiger partial charge in [-0.05, 0) is 19.1 Å². The van der Waals surface area contributed by atoms with E-state index in [1.807, 2.05) is 19.1 Å². The molecule has 5 heteroatoms.